The van der Waals surface area contributed by atoms with E-state index in [-0.39, 0.29) is 5.91 Å². The number of nitrogens with one attached hydrogen (secondary N) is 1. The number of likely N-dealkylation sites (N-methyl/N-ethyl adjacent to an activating group) is 1. The highest BCUT2D eigenvalue weighted by Gasteiger charge is 2.25. The van der Waals surface area contributed by atoms with Crippen molar-refractivity contribution in [3.63, 3.8) is 0 Å². The highest BCUT2D eigenvalue weighted by Crippen LogP contribution is 2.24. The number of carbonyl (C=O) groups excluding carboxylic acids is 1. The van der Waals surface area contributed by atoms with E-state index in [9.17, 15) is 4.79 Å². The lowest BCUT2D eigenvalue weighted by Crippen LogP contribution is -2.47. The standard InChI is InChI=1S/C18H24N4O2/c1-13-6-7-17(24-3)16(11-13)22-10-8-15(20-22)18(23)21-9-4-5-14(12-21)19-2/h6-8,10-11,14,19H,4-5,9,12H2,1-3H3. The van der Waals surface area contributed by atoms with Crippen LogP contribution in [0.5, 0.6) is 5.75 Å². The zero-order valence-corrected chi connectivity index (χ0v) is 14.5. The minimum Gasteiger partial charge on any atom is -0.494 e. The first-order valence-corrected chi connectivity index (χ1v) is 8.29. The molecule has 1 aromatic carbocycles. The molecule has 2 aromatic rings. The molecule has 1 aliphatic heterocycles. The van der Waals surface area contributed by atoms with Crippen LogP contribution in [-0.4, -0.2) is 53.9 Å². The van der Waals surface area contributed by atoms with Crippen LogP contribution in [0.3, 0.4) is 0 Å². The summed E-state index contributed by atoms with van der Waals surface area (Å²) < 4.78 is 7.11. The van der Waals surface area contributed by atoms with Gasteiger partial charge in [0, 0.05) is 25.3 Å². The minimum absolute atomic E-state index is 0.0136. The Morgan fingerprint density at radius 1 is 1.38 bits per heavy atom. The van der Waals surface area contributed by atoms with E-state index in [1.165, 1.54) is 0 Å². The molecule has 0 saturated carbocycles. The second-order valence-corrected chi connectivity index (χ2v) is 6.20. The lowest BCUT2D eigenvalue weighted by Gasteiger charge is -2.32. The van der Waals surface area contributed by atoms with Crippen molar-refractivity contribution >= 4 is 5.91 Å². The van der Waals surface area contributed by atoms with E-state index in [1.807, 2.05) is 43.3 Å². The first-order chi connectivity index (χ1) is 11.6. The van der Waals surface area contributed by atoms with Gasteiger partial charge in [0.15, 0.2) is 5.69 Å². The van der Waals surface area contributed by atoms with Crippen molar-refractivity contribution < 1.29 is 9.53 Å². The normalized spacial score (nSPS) is 17.8. The molecule has 6 heteroatoms. The van der Waals surface area contributed by atoms with E-state index >= 15 is 0 Å². The maximum atomic E-state index is 12.7. The van der Waals surface area contributed by atoms with Crippen LogP contribution >= 0.6 is 0 Å². The van der Waals surface area contributed by atoms with Crippen LogP contribution < -0.4 is 10.1 Å². The Morgan fingerprint density at radius 3 is 2.96 bits per heavy atom. The lowest BCUT2D eigenvalue weighted by molar-refractivity contribution is 0.0691. The number of benzene rings is 1. The summed E-state index contributed by atoms with van der Waals surface area (Å²) in [6.45, 7) is 3.54. The summed E-state index contributed by atoms with van der Waals surface area (Å²) in [5, 5.41) is 7.74. The topological polar surface area (TPSA) is 59.4 Å². The maximum Gasteiger partial charge on any atom is 0.274 e. The number of carbonyl (C=O) groups is 1. The van der Waals surface area contributed by atoms with Gasteiger partial charge in [0.1, 0.15) is 11.4 Å². The van der Waals surface area contributed by atoms with E-state index < -0.39 is 0 Å². The van der Waals surface area contributed by atoms with Gasteiger partial charge in [0.25, 0.3) is 5.91 Å². The fourth-order valence-electron chi connectivity index (χ4n) is 3.11. The molecule has 0 bridgehead atoms. The van der Waals surface area contributed by atoms with Crippen LogP contribution in [0.25, 0.3) is 5.69 Å². The number of likely N-dealkylation sites (tertiary alicyclic amines) is 1. The van der Waals surface area contributed by atoms with E-state index in [0.717, 1.165) is 42.9 Å². The van der Waals surface area contributed by atoms with Gasteiger partial charge in [-0.05, 0) is 50.6 Å². The smallest absolute Gasteiger partial charge is 0.274 e. The predicted octanol–water partition coefficient (Wildman–Crippen LogP) is 2.01. The highest BCUT2D eigenvalue weighted by atomic mass is 16.5. The molecule has 6 nitrogen and oxygen atoms in total. The molecule has 1 N–H and O–H groups in total. The minimum atomic E-state index is -0.0136. The van der Waals surface area contributed by atoms with Gasteiger partial charge in [-0.1, -0.05) is 6.07 Å². The summed E-state index contributed by atoms with van der Waals surface area (Å²) in [5.74, 6) is 0.719. The third-order valence-corrected chi connectivity index (χ3v) is 4.51. The van der Waals surface area contributed by atoms with Crippen LogP contribution in [0.1, 0.15) is 28.9 Å². The Hall–Kier alpha value is -2.34. The molecule has 24 heavy (non-hydrogen) atoms. The summed E-state index contributed by atoms with van der Waals surface area (Å²) >= 11 is 0. The SMILES string of the molecule is CNC1CCCN(C(=O)c2ccn(-c3cc(C)ccc3OC)n2)C1. The highest BCUT2D eigenvalue weighted by molar-refractivity contribution is 5.92. The van der Waals surface area contributed by atoms with Gasteiger partial charge in [0.05, 0.1) is 7.11 Å². The zero-order valence-electron chi connectivity index (χ0n) is 14.5. The van der Waals surface area contributed by atoms with Crippen LogP contribution in [-0.2, 0) is 0 Å². The Morgan fingerprint density at radius 2 is 2.21 bits per heavy atom. The number of rotatable bonds is 4. The molecule has 128 valence electrons. The number of piperidine rings is 1. The molecule has 1 saturated heterocycles. The number of aromatic nitrogens is 2. The predicted molar refractivity (Wildman–Crippen MR) is 92.8 cm³/mol. The molecular formula is C18H24N4O2. The van der Waals surface area contributed by atoms with E-state index in [1.54, 1.807) is 17.9 Å². The molecule has 0 spiro atoms. The first kappa shape index (κ1) is 16.5. The van der Waals surface area contributed by atoms with Gasteiger partial charge in [0.2, 0.25) is 0 Å². The number of aryl methyl sites for hydroxylation is 1. The van der Waals surface area contributed by atoms with Crippen molar-refractivity contribution in [3.05, 3.63) is 41.7 Å². The third-order valence-electron chi connectivity index (χ3n) is 4.51. The number of methoxy groups -OCH3 is 1. The summed E-state index contributed by atoms with van der Waals surface area (Å²) in [4.78, 5) is 14.6. The van der Waals surface area contributed by atoms with Crippen LogP contribution in [0, 0.1) is 6.92 Å². The number of ether oxygens (including phenoxy) is 1. The average molecular weight is 328 g/mol. The number of nitrogens with zero attached hydrogens (tertiary/aromatic N) is 3. The molecule has 2 heterocycles. The quantitative estimate of drug-likeness (QED) is 0.933. The third kappa shape index (κ3) is 3.28. The fourth-order valence-corrected chi connectivity index (χ4v) is 3.11. The molecule has 1 aromatic heterocycles. The van der Waals surface area contributed by atoms with Gasteiger partial charge in [-0.3, -0.25) is 4.79 Å². The Kier molecular flexibility index (Phi) is 4.85. The van der Waals surface area contributed by atoms with Gasteiger partial charge in [-0.15, -0.1) is 0 Å². The molecule has 1 fully saturated rings. The van der Waals surface area contributed by atoms with Crippen molar-refractivity contribution in [3.8, 4) is 11.4 Å². The van der Waals surface area contributed by atoms with Crippen molar-refractivity contribution in [2.24, 2.45) is 0 Å². The number of hydrogen-bond acceptors (Lipinski definition) is 4. The first-order valence-electron chi connectivity index (χ1n) is 8.29. The van der Waals surface area contributed by atoms with Crippen molar-refractivity contribution in [1.82, 2.24) is 20.0 Å². The van der Waals surface area contributed by atoms with E-state index in [4.69, 9.17) is 4.74 Å². The second kappa shape index (κ2) is 7.05. The van der Waals surface area contributed by atoms with Gasteiger partial charge >= 0.3 is 0 Å². The fraction of sp³-hybridized carbons (Fsp3) is 0.444. The molecule has 1 unspecified atom stereocenters. The number of hydrogen-bond donors (Lipinski definition) is 1. The lowest BCUT2D eigenvalue weighted by atomic mass is 10.1. The second-order valence-electron chi connectivity index (χ2n) is 6.20. The van der Waals surface area contributed by atoms with Crippen molar-refractivity contribution in [2.45, 2.75) is 25.8 Å². The van der Waals surface area contributed by atoms with Gasteiger partial charge < -0.3 is 15.0 Å². The maximum absolute atomic E-state index is 12.7. The molecular weight excluding hydrogens is 304 g/mol. The van der Waals surface area contributed by atoms with Crippen molar-refractivity contribution in [2.75, 3.05) is 27.2 Å². The van der Waals surface area contributed by atoms with Crippen LogP contribution in [0.4, 0.5) is 0 Å². The monoisotopic (exact) mass is 328 g/mol. The van der Waals surface area contributed by atoms with Crippen molar-refractivity contribution in [1.29, 1.82) is 0 Å². The van der Waals surface area contributed by atoms with Crippen LogP contribution in [0.2, 0.25) is 0 Å². The molecule has 1 aliphatic rings. The molecule has 1 atom stereocenters. The molecule has 0 aliphatic carbocycles. The zero-order chi connectivity index (χ0) is 17.1. The largest absolute Gasteiger partial charge is 0.494 e. The molecule has 1 amide bonds. The Labute approximate surface area is 142 Å². The summed E-state index contributed by atoms with van der Waals surface area (Å²) in [7, 11) is 3.58. The van der Waals surface area contributed by atoms with Gasteiger partial charge in [-0.25, -0.2) is 4.68 Å². The Bertz CT molecular complexity index is 726. The number of amides is 1. The summed E-state index contributed by atoms with van der Waals surface area (Å²) in [5.41, 5.74) is 2.42. The summed E-state index contributed by atoms with van der Waals surface area (Å²) in [6, 6.07) is 8.03. The molecule has 0 radical (unpaired) electrons. The Balaban J connectivity index is 1.83. The average Bonchev–Trinajstić information content (AvgIpc) is 3.11. The van der Waals surface area contributed by atoms with E-state index in [0.29, 0.717) is 11.7 Å². The summed E-state index contributed by atoms with van der Waals surface area (Å²) in [6.07, 6.45) is 3.93. The van der Waals surface area contributed by atoms with E-state index in [2.05, 4.69) is 10.4 Å². The molecule has 3 rings (SSSR count). The van der Waals surface area contributed by atoms with Gasteiger partial charge in [-0.2, -0.15) is 5.10 Å². The van der Waals surface area contributed by atoms with Crippen LogP contribution in [0.15, 0.2) is 30.5 Å².